The van der Waals surface area contributed by atoms with E-state index in [0.717, 1.165) is 12.5 Å². The second-order valence-corrected chi connectivity index (χ2v) is 7.20. The van der Waals surface area contributed by atoms with Gasteiger partial charge in [-0.25, -0.2) is 12.8 Å². The summed E-state index contributed by atoms with van der Waals surface area (Å²) < 4.78 is 40.0. The van der Waals surface area contributed by atoms with Gasteiger partial charge in [0.05, 0.1) is 0 Å². The van der Waals surface area contributed by atoms with E-state index in [0.29, 0.717) is 19.0 Å². The minimum Gasteiger partial charge on any atom is -0.399 e. The first-order valence-corrected chi connectivity index (χ1v) is 7.81. The van der Waals surface area contributed by atoms with Crippen LogP contribution in [0.1, 0.15) is 20.3 Å². The highest BCUT2D eigenvalue weighted by Gasteiger charge is 2.33. The molecule has 2 unspecified atom stereocenters. The number of nitrogens with two attached hydrogens (primary N) is 1. The summed E-state index contributed by atoms with van der Waals surface area (Å²) in [7, 11) is -3.79. The fraction of sp³-hybridized carbons (Fsp3) is 0.538. The van der Waals surface area contributed by atoms with Gasteiger partial charge in [-0.2, -0.15) is 4.31 Å². The zero-order valence-electron chi connectivity index (χ0n) is 11.1. The van der Waals surface area contributed by atoms with Gasteiger partial charge < -0.3 is 5.73 Å². The van der Waals surface area contributed by atoms with Gasteiger partial charge in [0.25, 0.3) is 0 Å². The lowest BCUT2D eigenvalue weighted by Crippen LogP contribution is -2.42. The number of sulfonamides is 1. The smallest absolute Gasteiger partial charge is 0.246 e. The lowest BCUT2D eigenvalue weighted by atomic mass is 9.90. The van der Waals surface area contributed by atoms with Crippen molar-refractivity contribution in [2.24, 2.45) is 11.8 Å². The number of hydrogen-bond acceptors (Lipinski definition) is 3. The zero-order chi connectivity index (χ0) is 14.2. The number of benzene rings is 1. The van der Waals surface area contributed by atoms with E-state index in [9.17, 15) is 12.8 Å². The van der Waals surface area contributed by atoms with Gasteiger partial charge in [-0.3, -0.25) is 0 Å². The largest absolute Gasteiger partial charge is 0.399 e. The SMILES string of the molecule is CC1CCN(S(=O)(=O)c2cc(N)ccc2F)CC1C. The molecule has 19 heavy (non-hydrogen) atoms. The Morgan fingerprint density at radius 3 is 2.63 bits per heavy atom. The van der Waals surface area contributed by atoms with E-state index in [1.807, 2.05) is 6.92 Å². The maximum Gasteiger partial charge on any atom is 0.246 e. The molecule has 0 saturated carbocycles. The van der Waals surface area contributed by atoms with Crippen molar-refractivity contribution in [3.05, 3.63) is 24.0 Å². The summed E-state index contributed by atoms with van der Waals surface area (Å²) in [6.07, 6.45) is 0.796. The maximum absolute atomic E-state index is 13.7. The molecule has 4 nitrogen and oxygen atoms in total. The lowest BCUT2D eigenvalue weighted by molar-refractivity contribution is 0.212. The third-order valence-corrected chi connectivity index (χ3v) is 5.75. The van der Waals surface area contributed by atoms with E-state index >= 15 is 0 Å². The fourth-order valence-corrected chi connectivity index (χ4v) is 3.95. The molecule has 2 atom stereocenters. The summed E-state index contributed by atoms with van der Waals surface area (Å²) in [6.45, 7) is 4.98. The van der Waals surface area contributed by atoms with Crippen LogP contribution in [-0.2, 0) is 10.0 Å². The lowest BCUT2D eigenvalue weighted by Gasteiger charge is -2.34. The summed E-state index contributed by atoms with van der Waals surface area (Å²) >= 11 is 0. The molecular weight excluding hydrogens is 267 g/mol. The number of nitrogen functional groups attached to an aromatic ring is 1. The van der Waals surface area contributed by atoms with Crippen LogP contribution in [0.25, 0.3) is 0 Å². The molecule has 1 fully saturated rings. The van der Waals surface area contributed by atoms with Crippen LogP contribution < -0.4 is 5.73 Å². The molecule has 0 aliphatic carbocycles. The van der Waals surface area contributed by atoms with Crippen LogP contribution in [0, 0.1) is 17.7 Å². The number of nitrogens with zero attached hydrogens (tertiary/aromatic N) is 1. The van der Waals surface area contributed by atoms with Crippen LogP contribution in [-0.4, -0.2) is 25.8 Å². The number of anilines is 1. The van der Waals surface area contributed by atoms with E-state index < -0.39 is 15.8 Å². The van der Waals surface area contributed by atoms with E-state index in [-0.39, 0.29) is 16.5 Å². The van der Waals surface area contributed by atoms with Crippen LogP contribution in [0.3, 0.4) is 0 Å². The Balaban J connectivity index is 2.35. The molecule has 0 spiro atoms. The van der Waals surface area contributed by atoms with Gasteiger partial charge in [0.2, 0.25) is 10.0 Å². The minimum atomic E-state index is -3.79. The zero-order valence-corrected chi connectivity index (χ0v) is 12.0. The second-order valence-electron chi connectivity index (χ2n) is 5.30. The summed E-state index contributed by atoms with van der Waals surface area (Å²) in [4.78, 5) is -0.325. The maximum atomic E-state index is 13.7. The van der Waals surface area contributed by atoms with Gasteiger partial charge in [0.1, 0.15) is 10.7 Å². The van der Waals surface area contributed by atoms with Crippen molar-refractivity contribution in [2.75, 3.05) is 18.8 Å². The summed E-state index contributed by atoms with van der Waals surface area (Å²) in [5.74, 6) is 0.00487. The molecular formula is C13H19FN2O2S. The van der Waals surface area contributed by atoms with Crippen molar-refractivity contribution in [3.8, 4) is 0 Å². The molecule has 1 heterocycles. The summed E-state index contributed by atoms with van der Waals surface area (Å²) in [5, 5.41) is 0. The van der Waals surface area contributed by atoms with Gasteiger partial charge in [0.15, 0.2) is 0 Å². The first-order chi connectivity index (χ1) is 8.82. The summed E-state index contributed by atoms with van der Waals surface area (Å²) in [6, 6.07) is 3.64. The average molecular weight is 286 g/mol. The molecule has 6 heteroatoms. The molecule has 0 amide bonds. The van der Waals surface area contributed by atoms with Crippen molar-refractivity contribution in [2.45, 2.75) is 25.2 Å². The van der Waals surface area contributed by atoms with Gasteiger partial charge in [-0.1, -0.05) is 13.8 Å². The number of piperidine rings is 1. The van der Waals surface area contributed by atoms with Crippen LogP contribution in [0.5, 0.6) is 0 Å². The molecule has 2 N–H and O–H groups in total. The van der Waals surface area contributed by atoms with Crippen molar-refractivity contribution in [1.29, 1.82) is 0 Å². The molecule has 0 aromatic heterocycles. The molecule has 0 radical (unpaired) electrons. The Labute approximate surface area is 113 Å². The van der Waals surface area contributed by atoms with Gasteiger partial charge >= 0.3 is 0 Å². The van der Waals surface area contributed by atoms with Crippen molar-refractivity contribution >= 4 is 15.7 Å². The second kappa shape index (κ2) is 5.09. The quantitative estimate of drug-likeness (QED) is 0.847. The van der Waals surface area contributed by atoms with E-state index in [4.69, 9.17) is 5.73 Å². The monoisotopic (exact) mass is 286 g/mol. The van der Waals surface area contributed by atoms with Gasteiger partial charge in [0, 0.05) is 18.8 Å². The van der Waals surface area contributed by atoms with Crippen molar-refractivity contribution in [3.63, 3.8) is 0 Å². The third-order valence-electron chi connectivity index (χ3n) is 3.87. The van der Waals surface area contributed by atoms with E-state index in [1.165, 1.54) is 16.4 Å². The molecule has 1 aliphatic rings. The standard InChI is InChI=1S/C13H19FN2O2S/c1-9-5-6-16(8-10(9)2)19(17,18)13-7-11(15)3-4-12(13)14/h3-4,7,9-10H,5-6,8,15H2,1-2H3. The molecule has 1 saturated heterocycles. The van der Waals surface area contributed by atoms with Crippen LogP contribution >= 0.6 is 0 Å². The predicted octanol–water partition coefficient (Wildman–Crippen LogP) is 2.07. The number of halogens is 1. The van der Waals surface area contributed by atoms with Crippen LogP contribution in [0.15, 0.2) is 23.1 Å². The molecule has 1 aliphatic heterocycles. The Morgan fingerprint density at radius 1 is 1.32 bits per heavy atom. The fourth-order valence-electron chi connectivity index (χ4n) is 2.30. The minimum absolute atomic E-state index is 0.249. The van der Waals surface area contributed by atoms with Gasteiger partial charge in [-0.05, 0) is 36.5 Å². The topological polar surface area (TPSA) is 63.4 Å². The summed E-state index contributed by atoms with van der Waals surface area (Å²) in [5.41, 5.74) is 5.80. The Bertz CT molecular complexity index is 574. The third kappa shape index (κ3) is 2.74. The molecule has 1 aromatic rings. The van der Waals surface area contributed by atoms with Crippen LogP contribution in [0.4, 0.5) is 10.1 Å². The first-order valence-electron chi connectivity index (χ1n) is 6.37. The highest BCUT2D eigenvalue weighted by Crippen LogP contribution is 2.29. The molecule has 1 aromatic carbocycles. The highest BCUT2D eigenvalue weighted by atomic mass is 32.2. The van der Waals surface area contributed by atoms with Gasteiger partial charge in [-0.15, -0.1) is 0 Å². The van der Waals surface area contributed by atoms with E-state index in [1.54, 1.807) is 0 Å². The Morgan fingerprint density at radius 2 is 2.00 bits per heavy atom. The molecule has 0 bridgehead atoms. The van der Waals surface area contributed by atoms with E-state index in [2.05, 4.69) is 6.92 Å². The molecule has 2 rings (SSSR count). The average Bonchev–Trinajstić information content (AvgIpc) is 2.35. The predicted molar refractivity (Wildman–Crippen MR) is 72.5 cm³/mol. The molecule has 106 valence electrons. The first kappa shape index (κ1) is 14.3. The van der Waals surface area contributed by atoms with Crippen molar-refractivity contribution < 1.29 is 12.8 Å². The van der Waals surface area contributed by atoms with Crippen molar-refractivity contribution in [1.82, 2.24) is 4.31 Å². The Kier molecular flexibility index (Phi) is 3.82. The van der Waals surface area contributed by atoms with Crippen LogP contribution in [0.2, 0.25) is 0 Å². The highest BCUT2D eigenvalue weighted by molar-refractivity contribution is 7.89. The number of rotatable bonds is 2. The number of hydrogen-bond donors (Lipinski definition) is 1. The Hall–Kier alpha value is -1.14. The normalized spacial score (nSPS) is 25.4.